The van der Waals surface area contributed by atoms with Crippen molar-refractivity contribution in [3.63, 3.8) is 0 Å². The van der Waals surface area contributed by atoms with Crippen molar-refractivity contribution in [2.24, 2.45) is 0 Å². The fraction of sp³-hybridized carbons (Fsp3) is 0. The van der Waals surface area contributed by atoms with Gasteiger partial charge in [-0.2, -0.15) is 0 Å². The smallest absolute Gasteiger partial charge is 0.306 e. The Balaban J connectivity index is 1.85. The topological polar surface area (TPSA) is 54.0 Å². The van der Waals surface area contributed by atoms with Gasteiger partial charge in [-0.15, -0.1) is 0 Å². The van der Waals surface area contributed by atoms with Crippen LogP contribution in [0.4, 0.5) is 20.6 Å². The molecule has 2 N–H and O–H groups in total. The Kier molecular flexibility index (Phi) is 3.89. The van der Waals surface area contributed by atoms with Crippen molar-refractivity contribution in [2.45, 2.75) is 0 Å². The molecule has 0 unspecified atom stereocenters. The average molecular weight is 316 g/mol. The van der Waals surface area contributed by atoms with E-state index in [0.717, 1.165) is 5.39 Å². The lowest BCUT2D eigenvalue weighted by molar-refractivity contribution is 0.262. The van der Waals surface area contributed by atoms with Crippen LogP contribution in [0, 0.1) is 5.82 Å². The summed E-state index contributed by atoms with van der Waals surface area (Å²) in [5.74, 6) is -0.598. The molecule has 0 aliphatic heterocycles. The lowest BCUT2D eigenvalue weighted by atomic mass is 10.2. The number of anilines is 2. The quantitative estimate of drug-likeness (QED) is 0.722. The number of nitrogens with zero attached hydrogens (tertiary/aromatic N) is 1. The Bertz CT molecular complexity index is 828. The summed E-state index contributed by atoms with van der Waals surface area (Å²) >= 11 is 5.88. The molecule has 4 nitrogen and oxygen atoms in total. The Hall–Kier alpha value is -2.66. The minimum atomic E-state index is -0.598. The van der Waals surface area contributed by atoms with Gasteiger partial charge in [0, 0.05) is 11.6 Å². The number of urea groups is 1. The van der Waals surface area contributed by atoms with Crippen LogP contribution >= 0.6 is 11.6 Å². The monoisotopic (exact) mass is 315 g/mol. The normalized spacial score (nSPS) is 10.5. The van der Waals surface area contributed by atoms with Crippen molar-refractivity contribution in [3.8, 4) is 0 Å². The Morgan fingerprint density at radius 3 is 2.64 bits per heavy atom. The molecule has 0 atom stereocenters. The molecule has 0 spiro atoms. The molecule has 0 radical (unpaired) electrons. The number of pyridine rings is 1. The molecule has 6 heteroatoms. The summed E-state index contributed by atoms with van der Waals surface area (Å²) in [7, 11) is 0. The molecule has 0 bridgehead atoms. The van der Waals surface area contributed by atoms with Crippen LogP contribution < -0.4 is 10.6 Å². The fourth-order valence-electron chi connectivity index (χ4n) is 2.09. The lowest BCUT2D eigenvalue weighted by Gasteiger charge is -2.11. The minimum absolute atomic E-state index is 0.0603. The largest absolute Gasteiger partial charge is 0.323 e. The summed E-state index contributed by atoms with van der Waals surface area (Å²) in [5, 5.41) is 6.08. The molecule has 2 aromatic carbocycles. The number of amides is 2. The van der Waals surface area contributed by atoms with E-state index in [1.54, 1.807) is 18.3 Å². The lowest BCUT2D eigenvalue weighted by Crippen LogP contribution is -2.20. The summed E-state index contributed by atoms with van der Waals surface area (Å²) in [6, 6.07) is 12.7. The third-order valence-electron chi connectivity index (χ3n) is 3.08. The molecule has 3 aromatic rings. The van der Waals surface area contributed by atoms with Crippen LogP contribution in [0.15, 0.2) is 54.7 Å². The standard InChI is InChI=1S/C16H11ClFN3O/c17-11-6-2-7-12(18)15(11)21-16(22)20-13-8-1-4-10-5-3-9-19-14(10)13/h1-9H,(H2,20,21,22). The number of para-hydroxylation sites is 2. The van der Waals surface area contributed by atoms with Gasteiger partial charge in [-0.1, -0.05) is 35.9 Å². The van der Waals surface area contributed by atoms with Gasteiger partial charge in [-0.3, -0.25) is 4.98 Å². The van der Waals surface area contributed by atoms with Gasteiger partial charge in [0.05, 0.1) is 21.9 Å². The van der Waals surface area contributed by atoms with Crippen LogP contribution in [0.25, 0.3) is 10.9 Å². The molecule has 0 saturated heterocycles. The summed E-state index contributed by atoms with van der Waals surface area (Å²) in [5.41, 5.74) is 1.12. The van der Waals surface area contributed by atoms with Crippen LogP contribution in [0.2, 0.25) is 5.02 Å². The van der Waals surface area contributed by atoms with Gasteiger partial charge in [0.2, 0.25) is 0 Å². The molecular formula is C16H11ClFN3O. The highest BCUT2D eigenvalue weighted by atomic mass is 35.5. The second kappa shape index (κ2) is 5.99. The average Bonchev–Trinajstić information content (AvgIpc) is 2.51. The zero-order valence-electron chi connectivity index (χ0n) is 11.3. The molecule has 1 heterocycles. The molecule has 0 saturated carbocycles. The van der Waals surface area contributed by atoms with Gasteiger partial charge in [0.25, 0.3) is 0 Å². The van der Waals surface area contributed by atoms with E-state index < -0.39 is 11.8 Å². The van der Waals surface area contributed by atoms with Crippen LogP contribution in [0.5, 0.6) is 0 Å². The molecule has 0 fully saturated rings. The van der Waals surface area contributed by atoms with Gasteiger partial charge in [-0.05, 0) is 24.3 Å². The van der Waals surface area contributed by atoms with E-state index in [2.05, 4.69) is 15.6 Å². The summed E-state index contributed by atoms with van der Waals surface area (Å²) in [4.78, 5) is 16.3. The molecule has 0 aliphatic rings. The third kappa shape index (κ3) is 2.84. The number of hydrogen-bond acceptors (Lipinski definition) is 2. The highest BCUT2D eigenvalue weighted by Crippen LogP contribution is 2.25. The number of rotatable bonds is 2. The molecule has 1 aromatic heterocycles. The van der Waals surface area contributed by atoms with Crippen LogP contribution in [-0.4, -0.2) is 11.0 Å². The first-order valence-electron chi connectivity index (χ1n) is 6.51. The van der Waals surface area contributed by atoms with E-state index in [0.29, 0.717) is 11.2 Å². The molecule has 22 heavy (non-hydrogen) atoms. The first-order valence-corrected chi connectivity index (χ1v) is 6.89. The predicted octanol–water partition coefficient (Wildman–Crippen LogP) is 4.67. The van der Waals surface area contributed by atoms with Gasteiger partial charge in [0.15, 0.2) is 0 Å². The van der Waals surface area contributed by atoms with Crippen molar-refractivity contribution < 1.29 is 9.18 Å². The maximum atomic E-state index is 13.7. The number of fused-ring (bicyclic) bond motifs is 1. The van der Waals surface area contributed by atoms with E-state index in [1.807, 2.05) is 18.2 Å². The first-order chi connectivity index (χ1) is 10.6. The van der Waals surface area contributed by atoms with Crippen LogP contribution in [0.3, 0.4) is 0 Å². The van der Waals surface area contributed by atoms with Crippen molar-refractivity contribution >= 4 is 39.9 Å². The van der Waals surface area contributed by atoms with E-state index >= 15 is 0 Å². The van der Waals surface area contributed by atoms with E-state index in [9.17, 15) is 9.18 Å². The highest BCUT2D eigenvalue weighted by Gasteiger charge is 2.12. The number of aromatic nitrogens is 1. The van der Waals surface area contributed by atoms with E-state index in [4.69, 9.17) is 11.6 Å². The highest BCUT2D eigenvalue weighted by molar-refractivity contribution is 6.33. The molecular weight excluding hydrogens is 305 g/mol. The number of nitrogens with one attached hydrogen (secondary N) is 2. The van der Waals surface area contributed by atoms with Gasteiger partial charge in [0.1, 0.15) is 5.82 Å². The number of halogens is 2. The predicted molar refractivity (Wildman–Crippen MR) is 85.8 cm³/mol. The fourth-order valence-corrected chi connectivity index (χ4v) is 2.30. The molecule has 0 aliphatic carbocycles. The SMILES string of the molecule is O=C(Nc1c(F)cccc1Cl)Nc1cccc2cccnc12. The number of benzene rings is 2. The number of carbonyl (C=O) groups excluding carboxylic acids is 1. The number of hydrogen-bond donors (Lipinski definition) is 2. The van der Waals surface area contributed by atoms with Gasteiger partial charge in [-0.25, -0.2) is 9.18 Å². The summed E-state index contributed by atoms with van der Waals surface area (Å²) < 4.78 is 13.7. The second-order valence-electron chi connectivity index (χ2n) is 4.56. The van der Waals surface area contributed by atoms with Crippen LogP contribution in [-0.2, 0) is 0 Å². The van der Waals surface area contributed by atoms with Gasteiger partial charge < -0.3 is 10.6 Å². The zero-order chi connectivity index (χ0) is 15.5. The first kappa shape index (κ1) is 14.3. The Labute approximate surface area is 130 Å². The Morgan fingerprint density at radius 1 is 1.05 bits per heavy atom. The third-order valence-corrected chi connectivity index (χ3v) is 3.40. The zero-order valence-corrected chi connectivity index (χ0v) is 12.1. The minimum Gasteiger partial charge on any atom is -0.306 e. The van der Waals surface area contributed by atoms with Crippen molar-refractivity contribution in [1.82, 2.24) is 4.98 Å². The van der Waals surface area contributed by atoms with E-state index in [-0.39, 0.29) is 10.7 Å². The molecule has 3 rings (SSSR count). The van der Waals surface area contributed by atoms with Crippen molar-refractivity contribution in [2.75, 3.05) is 10.6 Å². The van der Waals surface area contributed by atoms with Crippen molar-refractivity contribution in [1.29, 1.82) is 0 Å². The summed E-state index contributed by atoms with van der Waals surface area (Å²) in [6.07, 6.45) is 1.64. The van der Waals surface area contributed by atoms with Crippen LogP contribution in [0.1, 0.15) is 0 Å². The molecule has 2 amide bonds. The maximum absolute atomic E-state index is 13.7. The molecule has 110 valence electrons. The summed E-state index contributed by atoms with van der Waals surface area (Å²) in [6.45, 7) is 0. The van der Waals surface area contributed by atoms with Gasteiger partial charge >= 0.3 is 6.03 Å². The maximum Gasteiger partial charge on any atom is 0.323 e. The number of carbonyl (C=O) groups is 1. The Morgan fingerprint density at radius 2 is 1.82 bits per heavy atom. The van der Waals surface area contributed by atoms with Crippen molar-refractivity contribution in [3.05, 3.63) is 65.6 Å². The second-order valence-corrected chi connectivity index (χ2v) is 4.96. The van der Waals surface area contributed by atoms with E-state index in [1.165, 1.54) is 18.2 Å².